The summed E-state index contributed by atoms with van der Waals surface area (Å²) in [5.41, 5.74) is 4.61. The molecule has 0 atom stereocenters. The number of nitrogens with two attached hydrogens (primary N) is 1. The van der Waals surface area contributed by atoms with Crippen molar-refractivity contribution >= 4 is 11.6 Å². The zero-order valence-electron chi connectivity index (χ0n) is 9.93. The van der Waals surface area contributed by atoms with Crippen molar-refractivity contribution in [1.82, 2.24) is 4.98 Å². The molecule has 6 heteroatoms. The molecule has 0 saturated heterocycles. The average molecular weight is 259 g/mol. The predicted octanol–water partition coefficient (Wildman–Crippen LogP) is 3.28. The first kappa shape index (κ1) is 13.0. The summed E-state index contributed by atoms with van der Waals surface area (Å²) in [6.45, 7) is 0.637. The maximum absolute atomic E-state index is 12.6. The number of hydrogen-bond donors (Lipinski definition) is 2. The number of nitrogens with one attached hydrogen (secondary N) is 1. The first-order valence-corrected chi connectivity index (χ1v) is 6.04. The largest absolute Gasteiger partial charge is 0.416 e. The highest BCUT2D eigenvalue weighted by atomic mass is 19.4. The Labute approximate surface area is 104 Å². The third-order valence-corrected chi connectivity index (χ3v) is 3.26. The SMILES string of the molecule is Nc1cc(C(F)(F)F)cc(NCCC2CCC2)n1. The minimum absolute atomic E-state index is 0.115. The summed E-state index contributed by atoms with van der Waals surface area (Å²) >= 11 is 0. The lowest BCUT2D eigenvalue weighted by Gasteiger charge is -2.25. The lowest BCUT2D eigenvalue weighted by molar-refractivity contribution is -0.137. The van der Waals surface area contributed by atoms with Gasteiger partial charge in [-0.3, -0.25) is 0 Å². The molecule has 0 amide bonds. The highest BCUT2D eigenvalue weighted by Gasteiger charge is 2.31. The maximum atomic E-state index is 12.6. The highest BCUT2D eigenvalue weighted by molar-refractivity contribution is 5.47. The molecule has 3 N–H and O–H groups in total. The molecule has 1 aliphatic carbocycles. The molecule has 0 spiro atoms. The molecular formula is C12H16F3N3. The van der Waals surface area contributed by atoms with Gasteiger partial charge >= 0.3 is 6.18 Å². The van der Waals surface area contributed by atoms with Gasteiger partial charge in [-0.15, -0.1) is 0 Å². The Hall–Kier alpha value is -1.46. The summed E-state index contributed by atoms with van der Waals surface area (Å²) in [5.74, 6) is 0.790. The molecule has 1 saturated carbocycles. The van der Waals surface area contributed by atoms with E-state index in [1.165, 1.54) is 19.3 Å². The van der Waals surface area contributed by atoms with Crippen LogP contribution in [0.1, 0.15) is 31.2 Å². The molecule has 0 aliphatic heterocycles. The third kappa shape index (κ3) is 3.27. The van der Waals surface area contributed by atoms with Gasteiger partial charge in [-0.1, -0.05) is 19.3 Å². The predicted molar refractivity (Wildman–Crippen MR) is 64.1 cm³/mol. The van der Waals surface area contributed by atoms with E-state index in [1.807, 2.05) is 0 Å². The summed E-state index contributed by atoms with van der Waals surface area (Å²) in [5, 5.41) is 2.91. The van der Waals surface area contributed by atoms with Crippen LogP contribution in [0.25, 0.3) is 0 Å². The number of nitrogen functional groups attached to an aromatic ring is 1. The smallest absolute Gasteiger partial charge is 0.384 e. The Morgan fingerprint density at radius 1 is 1.33 bits per heavy atom. The number of anilines is 2. The molecular weight excluding hydrogens is 243 g/mol. The molecule has 1 aromatic rings. The second kappa shape index (κ2) is 5.04. The number of hydrogen-bond acceptors (Lipinski definition) is 3. The summed E-state index contributed by atoms with van der Waals surface area (Å²) in [4.78, 5) is 3.85. The summed E-state index contributed by atoms with van der Waals surface area (Å²) in [6, 6.07) is 1.84. The summed E-state index contributed by atoms with van der Waals surface area (Å²) < 4.78 is 37.7. The van der Waals surface area contributed by atoms with Gasteiger partial charge in [0.25, 0.3) is 0 Å². The van der Waals surface area contributed by atoms with Crippen molar-refractivity contribution in [3.63, 3.8) is 0 Å². The van der Waals surface area contributed by atoms with E-state index in [0.717, 1.165) is 18.6 Å². The normalized spacial score (nSPS) is 16.4. The first-order valence-electron chi connectivity index (χ1n) is 6.04. The van der Waals surface area contributed by atoms with Crippen LogP contribution in [0.15, 0.2) is 12.1 Å². The summed E-state index contributed by atoms with van der Waals surface area (Å²) in [7, 11) is 0. The number of pyridine rings is 1. The Morgan fingerprint density at radius 3 is 2.61 bits per heavy atom. The minimum atomic E-state index is -4.39. The van der Waals surface area contributed by atoms with Gasteiger partial charge in [0.1, 0.15) is 11.6 Å². The molecule has 1 heterocycles. The topological polar surface area (TPSA) is 50.9 Å². The second-order valence-corrected chi connectivity index (χ2v) is 4.68. The third-order valence-electron chi connectivity index (χ3n) is 3.26. The van der Waals surface area contributed by atoms with Gasteiger partial charge < -0.3 is 11.1 Å². The van der Waals surface area contributed by atoms with Crippen LogP contribution in [0.5, 0.6) is 0 Å². The van der Waals surface area contributed by atoms with Crippen LogP contribution < -0.4 is 11.1 Å². The number of nitrogens with zero attached hydrogens (tertiary/aromatic N) is 1. The van der Waals surface area contributed by atoms with Gasteiger partial charge in [-0.25, -0.2) is 4.98 Å². The lowest BCUT2D eigenvalue weighted by atomic mass is 9.83. The molecule has 0 bridgehead atoms. The van der Waals surface area contributed by atoms with Crippen LogP contribution in [0.4, 0.5) is 24.8 Å². The van der Waals surface area contributed by atoms with E-state index in [1.54, 1.807) is 0 Å². The number of aromatic nitrogens is 1. The van der Waals surface area contributed by atoms with Gasteiger partial charge in [0.2, 0.25) is 0 Å². The molecule has 1 fully saturated rings. The Balaban J connectivity index is 1.96. The fourth-order valence-electron chi connectivity index (χ4n) is 1.99. The van der Waals surface area contributed by atoms with Crippen LogP contribution >= 0.6 is 0 Å². The van der Waals surface area contributed by atoms with E-state index in [9.17, 15) is 13.2 Å². The van der Waals surface area contributed by atoms with Crippen molar-refractivity contribution in [1.29, 1.82) is 0 Å². The van der Waals surface area contributed by atoms with Gasteiger partial charge in [-0.05, 0) is 24.5 Å². The van der Waals surface area contributed by atoms with E-state index in [0.29, 0.717) is 12.5 Å². The van der Waals surface area contributed by atoms with Crippen LogP contribution in [-0.4, -0.2) is 11.5 Å². The van der Waals surface area contributed by atoms with Crippen molar-refractivity contribution in [2.75, 3.05) is 17.6 Å². The van der Waals surface area contributed by atoms with Crippen molar-refractivity contribution in [2.45, 2.75) is 31.9 Å². The molecule has 0 aromatic carbocycles. The van der Waals surface area contributed by atoms with Crippen molar-refractivity contribution in [3.05, 3.63) is 17.7 Å². The minimum Gasteiger partial charge on any atom is -0.384 e. The molecule has 2 rings (SSSR count). The van der Waals surface area contributed by atoms with Crippen LogP contribution in [0.3, 0.4) is 0 Å². The van der Waals surface area contributed by atoms with Crippen LogP contribution in [-0.2, 0) is 6.18 Å². The van der Waals surface area contributed by atoms with Gasteiger partial charge in [0.05, 0.1) is 5.56 Å². The zero-order chi connectivity index (χ0) is 13.2. The average Bonchev–Trinajstić information content (AvgIpc) is 2.20. The fraction of sp³-hybridized carbons (Fsp3) is 0.583. The summed E-state index contributed by atoms with van der Waals surface area (Å²) in [6.07, 6.45) is 0.290. The van der Waals surface area contributed by atoms with Gasteiger partial charge in [-0.2, -0.15) is 13.2 Å². The molecule has 100 valence electrons. The Kier molecular flexibility index (Phi) is 3.63. The maximum Gasteiger partial charge on any atom is 0.416 e. The number of alkyl halides is 3. The first-order chi connectivity index (χ1) is 8.45. The van der Waals surface area contributed by atoms with E-state index in [-0.39, 0.29) is 11.6 Å². The molecule has 1 aliphatic rings. The fourth-order valence-corrected chi connectivity index (χ4v) is 1.99. The number of halogens is 3. The van der Waals surface area contributed by atoms with Crippen LogP contribution in [0, 0.1) is 5.92 Å². The lowest BCUT2D eigenvalue weighted by Crippen LogP contribution is -2.16. The molecule has 3 nitrogen and oxygen atoms in total. The Morgan fingerprint density at radius 2 is 2.06 bits per heavy atom. The monoisotopic (exact) mass is 259 g/mol. The molecule has 18 heavy (non-hydrogen) atoms. The quantitative estimate of drug-likeness (QED) is 0.872. The van der Waals surface area contributed by atoms with Gasteiger partial charge in [0.15, 0.2) is 0 Å². The van der Waals surface area contributed by atoms with E-state index < -0.39 is 11.7 Å². The van der Waals surface area contributed by atoms with E-state index in [4.69, 9.17) is 5.73 Å². The van der Waals surface area contributed by atoms with Crippen molar-refractivity contribution in [2.24, 2.45) is 5.92 Å². The molecule has 0 unspecified atom stereocenters. The van der Waals surface area contributed by atoms with Gasteiger partial charge in [0, 0.05) is 6.54 Å². The van der Waals surface area contributed by atoms with E-state index >= 15 is 0 Å². The molecule has 1 aromatic heterocycles. The highest BCUT2D eigenvalue weighted by Crippen LogP contribution is 2.32. The van der Waals surface area contributed by atoms with Crippen molar-refractivity contribution in [3.8, 4) is 0 Å². The zero-order valence-corrected chi connectivity index (χ0v) is 9.93. The van der Waals surface area contributed by atoms with Crippen LogP contribution in [0.2, 0.25) is 0 Å². The number of rotatable bonds is 4. The van der Waals surface area contributed by atoms with Crippen molar-refractivity contribution < 1.29 is 13.2 Å². The second-order valence-electron chi connectivity index (χ2n) is 4.68. The van der Waals surface area contributed by atoms with E-state index in [2.05, 4.69) is 10.3 Å². The standard InChI is InChI=1S/C12H16F3N3/c13-12(14,15)9-6-10(16)18-11(7-9)17-5-4-8-2-1-3-8/h6-8H,1-5H2,(H3,16,17,18). The Bertz CT molecular complexity index is 414. The molecule has 0 radical (unpaired) electrons.